The van der Waals surface area contributed by atoms with Crippen molar-refractivity contribution in [3.8, 4) is 23.3 Å². The van der Waals surface area contributed by atoms with Gasteiger partial charge < -0.3 is 14.8 Å². The Morgan fingerprint density at radius 2 is 1.82 bits per heavy atom. The number of hydrogen-bond donors (Lipinski definition) is 1. The standard InChI is InChI=1S/C24H15BrCl2N4O7/c1-2-37-22-9-13(7-14(12-28)24(32)29-15-3-5-18(26)19(27)10-15)8-17(25)23(22)38-21-6-4-16(30(33)34)11-20(21)31(35)36/h3-11H,2H2,1H3,(H,29,32)/b14-7+. The summed E-state index contributed by atoms with van der Waals surface area (Å²) in [7, 11) is 0. The van der Waals surface area contributed by atoms with Crippen LogP contribution in [0, 0.1) is 31.6 Å². The van der Waals surface area contributed by atoms with Crippen molar-refractivity contribution in [2.24, 2.45) is 0 Å². The van der Waals surface area contributed by atoms with Gasteiger partial charge in [0.05, 0.1) is 37.0 Å². The Kier molecular flexibility index (Phi) is 9.25. The Morgan fingerprint density at radius 3 is 2.42 bits per heavy atom. The fraction of sp³-hybridized carbons (Fsp3) is 0.0833. The van der Waals surface area contributed by atoms with Gasteiger partial charge in [0.25, 0.3) is 11.6 Å². The second-order valence-corrected chi connectivity index (χ2v) is 8.95. The van der Waals surface area contributed by atoms with E-state index in [1.165, 1.54) is 36.4 Å². The van der Waals surface area contributed by atoms with Crippen LogP contribution >= 0.6 is 39.1 Å². The van der Waals surface area contributed by atoms with E-state index in [-0.39, 0.29) is 38.9 Å². The van der Waals surface area contributed by atoms with Crippen molar-refractivity contribution >= 4 is 68.2 Å². The number of carbonyl (C=O) groups is 1. The van der Waals surface area contributed by atoms with Crippen molar-refractivity contribution in [1.82, 2.24) is 0 Å². The van der Waals surface area contributed by atoms with E-state index in [9.17, 15) is 30.3 Å². The van der Waals surface area contributed by atoms with Gasteiger partial charge in [-0.05, 0) is 70.9 Å². The van der Waals surface area contributed by atoms with E-state index in [2.05, 4.69) is 21.2 Å². The lowest BCUT2D eigenvalue weighted by molar-refractivity contribution is -0.394. The van der Waals surface area contributed by atoms with E-state index in [0.29, 0.717) is 16.3 Å². The Hall–Kier alpha value is -4.18. The third-order valence-corrected chi connectivity index (χ3v) is 6.08. The molecule has 0 aliphatic carbocycles. The monoisotopic (exact) mass is 620 g/mol. The molecule has 3 aromatic carbocycles. The highest BCUT2D eigenvalue weighted by Gasteiger charge is 2.24. The summed E-state index contributed by atoms with van der Waals surface area (Å²) in [6.07, 6.45) is 1.30. The van der Waals surface area contributed by atoms with E-state index in [1.807, 2.05) is 6.07 Å². The van der Waals surface area contributed by atoms with Gasteiger partial charge in [0, 0.05) is 11.8 Å². The van der Waals surface area contributed by atoms with Crippen molar-refractivity contribution in [2.75, 3.05) is 11.9 Å². The Morgan fingerprint density at radius 1 is 1.08 bits per heavy atom. The molecule has 38 heavy (non-hydrogen) atoms. The lowest BCUT2D eigenvalue weighted by atomic mass is 10.1. The molecule has 1 amide bonds. The first-order valence-corrected chi connectivity index (χ1v) is 12.0. The van der Waals surface area contributed by atoms with E-state index in [1.54, 1.807) is 6.92 Å². The molecule has 1 N–H and O–H groups in total. The molecule has 0 bridgehead atoms. The number of nitrogens with zero attached hydrogens (tertiary/aromatic N) is 3. The maximum atomic E-state index is 12.7. The van der Waals surface area contributed by atoms with E-state index in [4.69, 9.17) is 32.7 Å². The number of carbonyl (C=O) groups excluding carboxylic acids is 1. The van der Waals surface area contributed by atoms with Crippen LogP contribution in [0.4, 0.5) is 17.1 Å². The van der Waals surface area contributed by atoms with Crippen molar-refractivity contribution in [3.05, 3.63) is 94.4 Å². The highest BCUT2D eigenvalue weighted by molar-refractivity contribution is 9.10. The Balaban J connectivity index is 1.97. The van der Waals surface area contributed by atoms with Gasteiger partial charge >= 0.3 is 5.69 Å². The van der Waals surface area contributed by atoms with Crippen LogP contribution in [0.3, 0.4) is 0 Å². The molecular weight excluding hydrogens is 607 g/mol. The molecule has 0 aliphatic heterocycles. The summed E-state index contributed by atoms with van der Waals surface area (Å²) in [5.74, 6) is -0.797. The predicted octanol–water partition coefficient (Wildman–Crippen LogP) is 7.31. The van der Waals surface area contributed by atoms with Crippen molar-refractivity contribution in [1.29, 1.82) is 5.26 Å². The summed E-state index contributed by atoms with van der Waals surface area (Å²) in [5, 5.41) is 35.2. The number of amides is 1. The summed E-state index contributed by atoms with van der Waals surface area (Å²) in [6, 6.07) is 12.2. The number of anilines is 1. The van der Waals surface area contributed by atoms with Gasteiger partial charge in [-0.2, -0.15) is 5.26 Å². The molecule has 14 heteroatoms. The molecule has 0 atom stereocenters. The van der Waals surface area contributed by atoms with Crippen LogP contribution in [0.1, 0.15) is 12.5 Å². The van der Waals surface area contributed by atoms with Crippen molar-refractivity contribution < 1.29 is 24.1 Å². The average molecular weight is 622 g/mol. The van der Waals surface area contributed by atoms with E-state index < -0.39 is 27.1 Å². The third-order valence-electron chi connectivity index (χ3n) is 4.75. The largest absolute Gasteiger partial charge is 0.490 e. The fourth-order valence-electron chi connectivity index (χ4n) is 3.08. The lowest BCUT2D eigenvalue weighted by Gasteiger charge is -2.14. The maximum absolute atomic E-state index is 12.7. The maximum Gasteiger partial charge on any atom is 0.318 e. The number of ether oxygens (including phenoxy) is 2. The summed E-state index contributed by atoms with van der Waals surface area (Å²) in [6.45, 7) is 1.88. The summed E-state index contributed by atoms with van der Waals surface area (Å²) in [4.78, 5) is 33.6. The molecular formula is C24H15BrCl2N4O7. The van der Waals surface area contributed by atoms with Gasteiger partial charge in [-0.1, -0.05) is 23.2 Å². The molecule has 0 aromatic heterocycles. The number of nitro groups is 2. The van der Waals surface area contributed by atoms with Gasteiger partial charge in [0.2, 0.25) is 5.75 Å². The first kappa shape index (κ1) is 28.4. The Labute approximate surface area is 233 Å². The number of benzene rings is 3. The number of nitriles is 1. The molecule has 3 rings (SSSR count). The van der Waals surface area contributed by atoms with Crippen molar-refractivity contribution in [3.63, 3.8) is 0 Å². The predicted molar refractivity (Wildman–Crippen MR) is 144 cm³/mol. The minimum absolute atomic E-state index is 0.0414. The van der Waals surface area contributed by atoms with Crippen molar-refractivity contribution in [2.45, 2.75) is 6.92 Å². The highest BCUT2D eigenvalue weighted by atomic mass is 79.9. The fourth-order valence-corrected chi connectivity index (χ4v) is 3.92. The number of nitrogens with one attached hydrogen (secondary N) is 1. The number of nitro benzene ring substituents is 2. The number of non-ortho nitro benzene ring substituents is 1. The van der Waals surface area contributed by atoms with E-state index >= 15 is 0 Å². The first-order valence-electron chi connectivity index (χ1n) is 10.5. The molecule has 3 aromatic rings. The normalized spacial score (nSPS) is 10.9. The second kappa shape index (κ2) is 12.4. The first-order chi connectivity index (χ1) is 18.0. The molecule has 0 spiro atoms. The molecule has 0 saturated carbocycles. The van der Waals surface area contributed by atoms with E-state index in [0.717, 1.165) is 18.2 Å². The lowest BCUT2D eigenvalue weighted by Crippen LogP contribution is -2.13. The summed E-state index contributed by atoms with van der Waals surface area (Å²) >= 11 is 15.2. The van der Waals surface area contributed by atoms with Crippen LogP contribution in [-0.2, 0) is 4.79 Å². The van der Waals surface area contributed by atoms with Crippen LogP contribution in [0.25, 0.3) is 6.08 Å². The van der Waals surface area contributed by atoms with Crippen LogP contribution in [0.2, 0.25) is 10.0 Å². The molecule has 0 heterocycles. The molecule has 0 unspecified atom stereocenters. The van der Waals surface area contributed by atoms with Crippen LogP contribution in [0.15, 0.2) is 58.6 Å². The van der Waals surface area contributed by atoms with Gasteiger partial charge in [0.1, 0.15) is 11.6 Å². The second-order valence-electron chi connectivity index (χ2n) is 7.28. The van der Waals surface area contributed by atoms with Gasteiger partial charge in [0.15, 0.2) is 11.5 Å². The zero-order chi connectivity index (χ0) is 28.0. The van der Waals surface area contributed by atoms with Crippen LogP contribution < -0.4 is 14.8 Å². The minimum atomic E-state index is -0.806. The van der Waals surface area contributed by atoms with Gasteiger partial charge in [-0.3, -0.25) is 25.0 Å². The third kappa shape index (κ3) is 6.77. The summed E-state index contributed by atoms with van der Waals surface area (Å²) < 4.78 is 11.6. The number of hydrogen-bond acceptors (Lipinski definition) is 8. The SMILES string of the molecule is CCOc1cc(/C=C(\C#N)C(=O)Nc2ccc(Cl)c(Cl)c2)cc(Br)c1Oc1ccc([N+](=O)[O-])cc1[N+](=O)[O-]. The van der Waals surface area contributed by atoms with Gasteiger partial charge in [-0.25, -0.2) is 0 Å². The van der Waals surface area contributed by atoms with Crippen LogP contribution in [-0.4, -0.2) is 22.4 Å². The minimum Gasteiger partial charge on any atom is -0.490 e. The number of halogens is 3. The number of rotatable bonds is 9. The smallest absolute Gasteiger partial charge is 0.318 e. The quantitative estimate of drug-likeness (QED) is 0.113. The molecule has 0 aliphatic rings. The molecule has 11 nitrogen and oxygen atoms in total. The van der Waals surface area contributed by atoms with Gasteiger partial charge in [-0.15, -0.1) is 0 Å². The molecule has 0 radical (unpaired) electrons. The molecule has 0 fully saturated rings. The molecule has 194 valence electrons. The Bertz CT molecular complexity index is 1520. The summed E-state index contributed by atoms with van der Waals surface area (Å²) in [5.41, 5.74) is -0.646. The topological polar surface area (TPSA) is 158 Å². The average Bonchev–Trinajstić information content (AvgIpc) is 2.86. The zero-order valence-electron chi connectivity index (χ0n) is 19.2. The van der Waals surface area contributed by atoms with Crippen LogP contribution in [0.5, 0.6) is 17.2 Å². The highest BCUT2D eigenvalue weighted by Crippen LogP contribution is 2.43. The zero-order valence-corrected chi connectivity index (χ0v) is 22.3. The molecule has 0 saturated heterocycles.